The lowest BCUT2D eigenvalue weighted by Gasteiger charge is -2.15. The lowest BCUT2D eigenvalue weighted by molar-refractivity contribution is -0.139. The largest absolute Gasteiger partial charge is 0.480 e. The van der Waals surface area contributed by atoms with Crippen LogP contribution in [-0.4, -0.2) is 35.7 Å². The quantitative estimate of drug-likeness (QED) is 0.480. The molecule has 2 aliphatic rings. The van der Waals surface area contributed by atoms with E-state index in [1.165, 1.54) is 6.07 Å². The van der Waals surface area contributed by atoms with Gasteiger partial charge in [-0.3, -0.25) is 10.1 Å². The van der Waals surface area contributed by atoms with Crippen LogP contribution in [0.4, 0.5) is 10.5 Å². The van der Waals surface area contributed by atoms with E-state index in [9.17, 15) is 19.5 Å². The summed E-state index contributed by atoms with van der Waals surface area (Å²) in [6, 6.07) is 21.7. The lowest BCUT2D eigenvalue weighted by Crippen LogP contribution is -2.42. The summed E-state index contributed by atoms with van der Waals surface area (Å²) in [4.78, 5) is 36.5. The number of benzene rings is 3. The number of nitrogens with one attached hydrogen (secondary N) is 2. The molecular formula is C27H24N2O5. The highest BCUT2D eigenvalue weighted by Gasteiger charge is 2.37. The number of ether oxygens (including phenoxy) is 1. The Hall–Kier alpha value is -4.13. The van der Waals surface area contributed by atoms with Gasteiger partial charge in [0.2, 0.25) is 0 Å². The van der Waals surface area contributed by atoms with Gasteiger partial charge in [0.05, 0.1) is 0 Å². The number of fused-ring (bicyclic) bond motifs is 3. The summed E-state index contributed by atoms with van der Waals surface area (Å²) in [6.45, 7) is 0.182. The molecule has 5 rings (SSSR count). The molecular weight excluding hydrogens is 432 g/mol. The molecule has 1 atom stereocenters. The summed E-state index contributed by atoms with van der Waals surface area (Å²) in [7, 11) is 0. The molecule has 3 aromatic carbocycles. The lowest BCUT2D eigenvalue weighted by atomic mass is 9.98. The van der Waals surface area contributed by atoms with Gasteiger partial charge in [-0.05, 0) is 59.2 Å². The first kappa shape index (κ1) is 21.7. The number of carbonyl (C=O) groups excluding carboxylic acids is 2. The zero-order valence-electron chi connectivity index (χ0n) is 18.4. The van der Waals surface area contributed by atoms with E-state index in [2.05, 4.69) is 34.9 Å². The highest BCUT2D eigenvalue weighted by Crippen LogP contribution is 2.44. The SMILES string of the molecule is O=C(Nc1cccc(C(=O)NC(C(=O)O)C2CC2)c1)OCC1c2ccccc2-c2ccccc21. The first-order valence-electron chi connectivity index (χ1n) is 11.3. The Balaban J connectivity index is 1.23. The Morgan fingerprint density at radius 3 is 2.18 bits per heavy atom. The summed E-state index contributed by atoms with van der Waals surface area (Å²) in [5.41, 5.74) is 5.21. The summed E-state index contributed by atoms with van der Waals surface area (Å²) >= 11 is 0. The molecule has 7 nitrogen and oxygen atoms in total. The molecule has 3 N–H and O–H groups in total. The number of amides is 2. The Kier molecular flexibility index (Phi) is 5.76. The second-order valence-electron chi connectivity index (χ2n) is 8.66. The van der Waals surface area contributed by atoms with Gasteiger partial charge in [-0.15, -0.1) is 0 Å². The molecule has 0 spiro atoms. The Morgan fingerprint density at radius 1 is 0.912 bits per heavy atom. The number of carbonyl (C=O) groups is 3. The van der Waals surface area contributed by atoms with Gasteiger partial charge in [-0.25, -0.2) is 9.59 Å². The van der Waals surface area contributed by atoms with Crippen molar-refractivity contribution in [2.75, 3.05) is 11.9 Å². The molecule has 0 radical (unpaired) electrons. The van der Waals surface area contributed by atoms with Crippen molar-refractivity contribution in [2.45, 2.75) is 24.8 Å². The zero-order valence-corrected chi connectivity index (χ0v) is 18.4. The fourth-order valence-corrected chi connectivity index (χ4v) is 4.53. The van der Waals surface area contributed by atoms with E-state index in [0.717, 1.165) is 35.1 Å². The normalized spacial score (nSPS) is 15.1. The third-order valence-electron chi connectivity index (χ3n) is 6.36. The van der Waals surface area contributed by atoms with E-state index < -0.39 is 24.0 Å². The van der Waals surface area contributed by atoms with Crippen LogP contribution in [0, 0.1) is 5.92 Å². The second kappa shape index (κ2) is 9.02. The van der Waals surface area contributed by atoms with E-state index in [1.54, 1.807) is 18.2 Å². The third-order valence-corrected chi connectivity index (χ3v) is 6.36. The average Bonchev–Trinajstić information content (AvgIpc) is 3.63. The number of carboxylic acid groups (broad SMARTS) is 1. The summed E-state index contributed by atoms with van der Waals surface area (Å²) < 4.78 is 5.55. The van der Waals surface area contributed by atoms with Gasteiger partial charge in [0.1, 0.15) is 12.6 Å². The molecule has 172 valence electrons. The fraction of sp³-hybridized carbons (Fsp3) is 0.222. The van der Waals surface area contributed by atoms with Gasteiger partial charge in [-0.2, -0.15) is 0 Å². The molecule has 2 aliphatic carbocycles. The van der Waals surface area contributed by atoms with Gasteiger partial charge >= 0.3 is 12.1 Å². The van der Waals surface area contributed by atoms with Crippen molar-refractivity contribution >= 4 is 23.7 Å². The molecule has 1 saturated carbocycles. The zero-order chi connectivity index (χ0) is 23.7. The summed E-state index contributed by atoms with van der Waals surface area (Å²) in [5.74, 6) is -1.60. The molecule has 34 heavy (non-hydrogen) atoms. The molecule has 0 aliphatic heterocycles. The van der Waals surface area contributed by atoms with Crippen molar-refractivity contribution < 1.29 is 24.2 Å². The topological polar surface area (TPSA) is 105 Å². The Labute approximate surface area is 196 Å². The van der Waals surface area contributed by atoms with Gasteiger partial charge in [0.15, 0.2) is 0 Å². The average molecular weight is 456 g/mol. The third kappa shape index (κ3) is 4.37. The summed E-state index contributed by atoms with van der Waals surface area (Å²) in [6.07, 6.45) is 0.960. The van der Waals surface area contributed by atoms with Crippen LogP contribution in [0.25, 0.3) is 11.1 Å². The predicted octanol–water partition coefficient (Wildman–Crippen LogP) is 4.64. The van der Waals surface area contributed by atoms with Crippen molar-refractivity contribution in [2.24, 2.45) is 5.92 Å². The van der Waals surface area contributed by atoms with E-state index >= 15 is 0 Å². The number of carboxylic acids is 1. The first-order chi connectivity index (χ1) is 16.5. The van der Waals surface area contributed by atoms with E-state index in [0.29, 0.717) is 5.69 Å². The van der Waals surface area contributed by atoms with Crippen LogP contribution in [0.2, 0.25) is 0 Å². The minimum Gasteiger partial charge on any atom is -0.480 e. The molecule has 0 saturated heterocycles. The highest BCUT2D eigenvalue weighted by atomic mass is 16.5. The molecule has 3 aromatic rings. The maximum absolute atomic E-state index is 12.5. The molecule has 0 heterocycles. The standard InChI is InChI=1S/C27H24N2O5/c30-25(29-24(26(31)32)16-12-13-16)17-6-5-7-18(14-17)28-27(33)34-15-23-21-10-3-1-8-19(21)20-9-2-4-11-22(20)23/h1-11,14,16,23-24H,12-13,15H2,(H,28,33)(H,29,30)(H,31,32). The molecule has 2 amide bonds. The maximum Gasteiger partial charge on any atom is 0.411 e. The van der Waals surface area contributed by atoms with Gasteiger partial charge in [0.25, 0.3) is 5.91 Å². The Bertz CT molecular complexity index is 1220. The van der Waals surface area contributed by atoms with Crippen LogP contribution in [0.1, 0.15) is 40.2 Å². The molecule has 0 aromatic heterocycles. The maximum atomic E-state index is 12.5. The first-order valence-corrected chi connectivity index (χ1v) is 11.3. The predicted molar refractivity (Wildman–Crippen MR) is 127 cm³/mol. The number of rotatable bonds is 7. The van der Waals surface area contributed by atoms with Crippen molar-refractivity contribution in [3.63, 3.8) is 0 Å². The van der Waals surface area contributed by atoms with Crippen molar-refractivity contribution in [1.82, 2.24) is 5.32 Å². The van der Waals surface area contributed by atoms with E-state index in [-0.39, 0.29) is 24.0 Å². The minimum atomic E-state index is -1.04. The van der Waals surface area contributed by atoms with E-state index in [4.69, 9.17) is 4.74 Å². The number of hydrogen-bond donors (Lipinski definition) is 3. The van der Waals surface area contributed by atoms with Crippen LogP contribution in [-0.2, 0) is 9.53 Å². The van der Waals surface area contributed by atoms with Gasteiger partial charge in [0, 0.05) is 17.2 Å². The molecule has 1 fully saturated rings. The van der Waals surface area contributed by atoms with Crippen LogP contribution in [0.15, 0.2) is 72.8 Å². The van der Waals surface area contributed by atoms with Crippen LogP contribution >= 0.6 is 0 Å². The monoisotopic (exact) mass is 456 g/mol. The second-order valence-corrected chi connectivity index (χ2v) is 8.66. The van der Waals surface area contributed by atoms with Crippen LogP contribution in [0.3, 0.4) is 0 Å². The van der Waals surface area contributed by atoms with E-state index in [1.807, 2.05) is 24.3 Å². The molecule has 1 unspecified atom stereocenters. The van der Waals surface area contributed by atoms with Crippen LogP contribution in [0.5, 0.6) is 0 Å². The van der Waals surface area contributed by atoms with Crippen molar-refractivity contribution in [3.8, 4) is 11.1 Å². The Morgan fingerprint density at radius 2 is 1.56 bits per heavy atom. The number of aliphatic carboxylic acids is 1. The van der Waals surface area contributed by atoms with Crippen molar-refractivity contribution in [1.29, 1.82) is 0 Å². The smallest absolute Gasteiger partial charge is 0.411 e. The van der Waals surface area contributed by atoms with Crippen molar-refractivity contribution in [3.05, 3.63) is 89.5 Å². The highest BCUT2D eigenvalue weighted by molar-refractivity contribution is 5.98. The van der Waals surface area contributed by atoms with Gasteiger partial charge < -0.3 is 15.2 Å². The summed E-state index contributed by atoms with van der Waals surface area (Å²) in [5, 5.41) is 14.6. The fourth-order valence-electron chi connectivity index (χ4n) is 4.53. The minimum absolute atomic E-state index is 0.0245. The number of anilines is 1. The molecule has 7 heteroatoms. The van der Waals surface area contributed by atoms with Crippen LogP contribution < -0.4 is 10.6 Å². The van der Waals surface area contributed by atoms with Gasteiger partial charge in [-0.1, -0.05) is 54.6 Å². The number of hydrogen-bond acceptors (Lipinski definition) is 4. The molecule has 0 bridgehead atoms.